The van der Waals surface area contributed by atoms with Crippen LogP contribution in [0.4, 0.5) is 0 Å². The van der Waals surface area contributed by atoms with E-state index in [-0.39, 0.29) is 60.3 Å². The Morgan fingerprint density at radius 3 is 0.714 bits per heavy atom. The Hall–Kier alpha value is -0.141. The summed E-state index contributed by atoms with van der Waals surface area (Å²) in [5, 5.41) is 12.5. The topological polar surface area (TPSA) is 143 Å². The van der Waals surface area contributed by atoms with Crippen LogP contribution in [0.3, 0.4) is 0 Å². The molecule has 1 radical (unpaired) electrons. The fraction of sp³-hybridized carbons (Fsp3) is 0.667. The molecule has 0 aromatic carbocycles. The maximum absolute atomic E-state index is 6.26. The first kappa shape index (κ1) is 37.1. The van der Waals surface area contributed by atoms with Crippen LogP contribution in [0, 0.1) is 23.7 Å². The molecule has 0 aliphatic heterocycles. The molecular formula is C6H12Cu2N6-3. The van der Waals surface area contributed by atoms with Crippen molar-refractivity contribution in [3.8, 4) is 0 Å². The summed E-state index contributed by atoms with van der Waals surface area (Å²) in [4.78, 5) is 0. The van der Waals surface area contributed by atoms with Gasteiger partial charge in [-0.05, 0) is 0 Å². The third-order valence-corrected chi connectivity index (χ3v) is 0.250. The largest absolute Gasteiger partial charge is 2.00 e. The Kier molecular flexibility index (Phi) is 322. The minimum atomic E-state index is 0. The molecule has 0 atom stereocenters. The van der Waals surface area contributed by atoms with Crippen LogP contribution in [0.1, 0.15) is 0 Å². The van der Waals surface area contributed by atoms with E-state index < -0.39 is 0 Å². The molecule has 0 saturated heterocycles. The zero-order chi connectivity index (χ0) is 10.8. The number of nitrogens with one attached hydrogen (secondary N) is 4. The van der Waals surface area contributed by atoms with Crippen LogP contribution >= 0.6 is 0 Å². The first-order chi connectivity index (χ1) is 5.83. The molecule has 0 aliphatic rings. The molecule has 4 N–H and O–H groups in total. The molecular weight excluding hydrogens is 283 g/mol. The SMILES string of the molecule is [C-]#N.[C-]#N.[Cu+2].[Cu+].[NH-]CC[NH-].[NH-]CC[NH-]. The maximum Gasteiger partial charge on any atom is 2.00 e. The van der Waals surface area contributed by atoms with Crippen molar-refractivity contribution in [1.82, 2.24) is 0 Å². The average molecular weight is 295 g/mol. The average Bonchev–Trinajstić information content (AvgIpc) is 2.23. The number of hydrogen-bond acceptors (Lipinski definition) is 2. The second-order valence-electron chi connectivity index (χ2n) is 1.000. The van der Waals surface area contributed by atoms with Gasteiger partial charge in [0, 0.05) is 0 Å². The fourth-order valence-electron chi connectivity index (χ4n) is 0. The maximum atomic E-state index is 6.26. The zero-order valence-electron chi connectivity index (χ0n) is 7.33. The second-order valence-corrected chi connectivity index (χ2v) is 1.000. The Bertz CT molecular complexity index is 63.2. The smallest absolute Gasteiger partial charge is 0.679 e. The Morgan fingerprint density at radius 1 is 0.643 bits per heavy atom. The van der Waals surface area contributed by atoms with E-state index in [0.29, 0.717) is 0 Å². The van der Waals surface area contributed by atoms with E-state index in [1.807, 2.05) is 0 Å². The number of hydrogen-bond donors (Lipinski definition) is 0. The first-order valence-corrected chi connectivity index (χ1v) is 2.86. The summed E-state index contributed by atoms with van der Waals surface area (Å²) in [6.45, 7) is 10.4. The van der Waals surface area contributed by atoms with E-state index in [1.54, 1.807) is 0 Å². The number of rotatable bonds is 2. The van der Waals surface area contributed by atoms with E-state index >= 15 is 0 Å². The van der Waals surface area contributed by atoms with Crippen LogP contribution in [-0.2, 0) is 34.1 Å². The minimum absolute atomic E-state index is 0. The number of nitrogens with zero attached hydrogens (tertiary/aromatic N) is 2. The monoisotopic (exact) mass is 294 g/mol. The van der Waals surface area contributed by atoms with Crippen molar-refractivity contribution in [2.75, 3.05) is 26.2 Å². The van der Waals surface area contributed by atoms with Gasteiger partial charge in [-0.15, -0.1) is 0 Å². The molecule has 0 rings (SSSR count). The summed E-state index contributed by atoms with van der Waals surface area (Å²) >= 11 is 0. The minimum Gasteiger partial charge on any atom is -0.679 e. The van der Waals surface area contributed by atoms with Gasteiger partial charge in [-0.25, -0.2) is 0 Å². The van der Waals surface area contributed by atoms with E-state index in [4.69, 9.17) is 46.6 Å². The normalized spacial score (nSPS) is 4.57. The van der Waals surface area contributed by atoms with Crippen LogP contribution in [0.5, 0.6) is 0 Å². The van der Waals surface area contributed by atoms with Gasteiger partial charge in [0.05, 0.1) is 0 Å². The quantitative estimate of drug-likeness (QED) is 0.569. The van der Waals surface area contributed by atoms with Crippen molar-refractivity contribution in [3.05, 3.63) is 36.1 Å². The standard InChI is InChI=1S/2C2H6N2.2CN.2Cu/c2*3-1-2-4;2*1-2;;/h2*3-4H,1-2H2;;;;/q2*-2;2*-1;+1;+2. The molecule has 0 spiro atoms. The second kappa shape index (κ2) is 121. The molecule has 0 bridgehead atoms. The molecule has 14 heavy (non-hydrogen) atoms. The van der Waals surface area contributed by atoms with E-state index in [9.17, 15) is 0 Å². The summed E-state index contributed by atoms with van der Waals surface area (Å²) in [6, 6.07) is 0. The van der Waals surface area contributed by atoms with Crippen LogP contribution < -0.4 is 0 Å². The van der Waals surface area contributed by atoms with Gasteiger partial charge in [-0.1, -0.05) is 0 Å². The van der Waals surface area contributed by atoms with Gasteiger partial charge >= 0.3 is 34.1 Å². The third kappa shape index (κ3) is 405. The van der Waals surface area contributed by atoms with Crippen LogP contribution in [0.25, 0.3) is 22.9 Å². The van der Waals surface area contributed by atoms with Crippen molar-refractivity contribution >= 4 is 0 Å². The van der Waals surface area contributed by atoms with Crippen molar-refractivity contribution in [3.63, 3.8) is 0 Å². The Morgan fingerprint density at radius 2 is 0.714 bits per heavy atom. The molecule has 0 aliphatic carbocycles. The fourth-order valence-corrected chi connectivity index (χ4v) is 0. The molecule has 0 unspecified atom stereocenters. The molecule has 8 heteroatoms. The summed E-state index contributed by atoms with van der Waals surface area (Å²) in [5.41, 5.74) is 25.1. The first-order valence-electron chi connectivity index (χ1n) is 2.86. The summed E-state index contributed by atoms with van der Waals surface area (Å²) in [7, 11) is 0. The van der Waals surface area contributed by atoms with Gasteiger partial charge in [0.1, 0.15) is 0 Å². The summed E-state index contributed by atoms with van der Waals surface area (Å²) in [5.74, 6) is 0. The Labute approximate surface area is 107 Å². The van der Waals surface area contributed by atoms with Crippen molar-refractivity contribution in [2.24, 2.45) is 0 Å². The molecule has 91 valence electrons. The van der Waals surface area contributed by atoms with Gasteiger partial charge in [-0.2, -0.15) is 26.2 Å². The summed E-state index contributed by atoms with van der Waals surface area (Å²) in [6.07, 6.45) is 0. The Balaban J connectivity index is -0.0000000153. The predicted molar refractivity (Wildman–Crippen MR) is 46.7 cm³/mol. The molecule has 0 fully saturated rings. The van der Waals surface area contributed by atoms with Gasteiger partial charge < -0.3 is 46.6 Å². The van der Waals surface area contributed by atoms with Gasteiger partial charge in [-0.3, -0.25) is 0 Å². The van der Waals surface area contributed by atoms with Gasteiger partial charge in [0.15, 0.2) is 0 Å². The van der Waals surface area contributed by atoms with Gasteiger partial charge in [0.25, 0.3) is 0 Å². The van der Waals surface area contributed by atoms with Gasteiger partial charge in [0.2, 0.25) is 0 Å². The third-order valence-electron chi connectivity index (χ3n) is 0.250. The molecule has 0 saturated carbocycles. The van der Waals surface area contributed by atoms with E-state index in [2.05, 4.69) is 0 Å². The molecule has 0 aromatic rings. The van der Waals surface area contributed by atoms with Crippen molar-refractivity contribution in [1.29, 1.82) is 10.5 Å². The molecule has 0 aromatic heterocycles. The summed E-state index contributed by atoms with van der Waals surface area (Å²) < 4.78 is 0. The van der Waals surface area contributed by atoms with Crippen LogP contribution in [0.15, 0.2) is 0 Å². The van der Waals surface area contributed by atoms with E-state index in [1.165, 1.54) is 0 Å². The van der Waals surface area contributed by atoms with Crippen molar-refractivity contribution < 1.29 is 34.1 Å². The van der Waals surface area contributed by atoms with Crippen LogP contribution in [0.2, 0.25) is 0 Å². The molecule has 0 amide bonds. The molecule has 0 heterocycles. The molecule has 6 nitrogen and oxygen atoms in total. The zero-order valence-corrected chi connectivity index (χ0v) is 9.21. The van der Waals surface area contributed by atoms with Crippen LogP contribution in [-0.4, -0.2) is 26.2 Å². The van der Waals surface area contributed by atoms with Crippen molar-refractivity contribution in [2.45, 2.75) is 0 Å². The van der Waals surface area contributed by atoms with E-state index in [0.717, 1.165) is 0 Å². The predicted octanol–water partition coefficient (Wildman–Crippen LogP) is 2.37.